The van der Waals surface area contributed by atoms with Gasteiger partial charge in [0.15, 0.2) is 112 Å². The van der Waals surface area contributed by atoms with E-state index in [-0.39, 0.29) is 82.3 Å². The number of aliphatic hydroxyl groups excluding tert-OH is 3. The minimum absolute atomic E-state index is 0.00348. The Kier molecular flexibility index (Phi) is 29.6. The molecule has 131 heavy (non-hydrogen) atoms. The van der Waals surface area contributed by atoms with Crippen molar-refractivity contribution in [2.24, 2.45) is 11.8 Å². The molecule has 12 heterocycles. The van der Waals surface area contributed by atoms with Crippen LogP contribution in [0.2, 0.25) is 5.02 Å². The number of carbonyl (C=O) groups is 7. The maximum absolute atomic E-state index is 16.5. The predicted molar refractivity (Wildman–Crippen MR) is 468 cm³/mol. The van der Waals surface area contributed by atoms with Gasteiger partial charge in [0, 0.05) is 18.9 Å². The molecule has 4 amide bonds. The number of alkyl halides is 6. The fourth-order valence-corrected chi connectivity index (χ4v) is 15.0. The Balaban J connectivity index is 0.000000183. The summed E-state index contributed by atoms with van der Waals surface area (Å²) >= 11 is 9.38. The number of amides is 4. The highest BCUT2D eigenvalue weighted by Crippen LogP contribution is 2.55. The highest BCUT2D eigenvalue weighted by atomic mass is 127. The monoisotopic (exact) mass is 2070 g/mol. The van der Waals surface area contributed by atoms with Gasteiger partial charge in [-0.3, -0.25) is 49.1 Å². The van der Waals surface area contributed by atoms with E-state index in [2.05, 4.69) is 92.9 Å². The van der Waals surface area contributed by atoms with Gasteiger partial charge in [-0.25, -0.2) is 101 Å². The topological polar surface area (TPSA) is 545 Å². The van der Waals surface area contributed by atoms with Crippen LogP contribution in [0.15, 0.2) is 74.9 Å². The normalized spacial score (nSPS) is 27.4. The molecule has 43 nitrogen and oxygen atoms in total. The number of nitrogens with zero attached hydrogens (tertiary/aromatic N) is 16. The van der Waals surface area contributed by atoms with E-state index in [0.717, 1.165) is 36.8 Å². The van der Waals surface area contributed by atoms with Crippen LogP contribution in [0.25, 0.3) is 44.7 Å². The molecule has 4 aliphatic rings. The highest BCUT2D eigenvalue weighted by molar-refractivity contribution is 14.1. The molecule has 13 rings (SSSR count). The van der Waals surface area contributed by atoms with Crippen LogP contribution >= 0.6 is 56.8 Å². The second-order valence-corrected chi connectivity index (χ2v) is 35.4. The summed E-state index contributed by atoms with van der Waals surface area (Å²) in [6, 6.07) is 5.80. The molecule has 4 fully saturated rings. The van der Waals surface area contributed by atoms with Gasteiger partial charge >= 0.3 is 42.3 Å². The molecule has 0 aliphatic carbocycles. The first-order chi connectivity index (χ1) is 60.9. The molecule has 0 radical (unpaired) electrons. The van der Waals surface area contributed by atoms with E-state index in [1.165, 1.54) is 84.0 Å². The Morgan fingerprint density at radius 2 is 0.740 bits per heavy atom. The number of hydrogen-bond donors (Lipinski definition) is 9. The van der Waals surface area contributed by atoms with Crippen LogP contribution in [0.1, 0.15) is 146 Å². The average Bonchev–Trinajstić information content (AvgIpc) is 1.58. The minimum Gasteiger partial charge on any atom is -0.456 e. The van der Waals surface area contributed by atoms with Gasteiger partial charge in [-0.1, -0.05) is 94.3 Å². The van der Waals surface area contributed by atoms with Crippen molar-refractivity contribution in [2.75, 3.05) is 43.3 Å². The number of aliphatic hydroxyl groups is 5. The Morgan fingerprint density at radius 3 is 1.02 bits per heavy atom. The molecular formula is C81H89ClF4I2N20O23. The molecule has 4 saturated heterocycles. The molecule has 16 atom stereocenters. The number of halogens is 7. The van der Waals surface area contributed by atoms with Gasteiger partial charge in [-0.05, 0) is 107 Å². The largest absolute Gasteiger partial charge is 0.456 e. The number of hydrogen-bond acceptors (Lipinski definition) is 35. The van der Waals surface area contributed by atoms with Crippen molar-refractivity contribution in [3.63, 3.8) is 0 Å². The maximum Gasteiger partial charge on any atom is 0.413 e. The van der Waals surface area contributed by atoms with Gasteiger partial charge in [0.1, 0.15) is 54.3 Å². The van der Waals surface area contributed by atoms with Crippen molar-refractivity contribution < 1.29 is 129 Å². The zero-order valence-corrected chi connectivity index (χ0v) is 77.6. The first-order valence-corrected chi connectivity index (χ1v) is 42.3. The van der Waals surface area contributed by atoms with Crippen LogP contribution in [-0.4, -0.2) is 248 Å². The Labute approximate surface area is 775 Å². The van der Waals surface area contributed by atoms with E-state index < -0.39 is 173 Å². The van der Waals surface area contributed by atoms with E-state index in [9.17, 15) is 67.9 Å². The van der Waals surface area contributed by atoms with Crippen molar-refractivity contribution in [1.29, 1.82) is 0 Å². The molecule has 4 aliphatic heterocycles. The molecule has 0 bridgehead atoms. The third-order valence-electron chi connectivity index (χ3n) is 19.5. The van der Waals surface area contributed by atoms with E-state index in [0.29, 0.717) is 5.02 Å². The number of esters is 3. The summed E-state index contributed by atoms with van der Waals surface area (Å²) < 4.78 is 125. The fourth-order valence-electron chi connectivity index (χ4n) is 13.4. The smallest absolute Gasteiger partial charge is 0.413 e. The van der Waals surface area contributed by atoms with Crippen molar-refractivity contribution >= 4 is 167 Å². The number of anilines is 4. The summed E-state index contributed by atoms with van der Waals surface area (Å²) in [5, 5.41) is 61.2. The number of nitrogens with one attached hydrogen (secondary N) is 4. The fraction of sp³-hybridized carbons (Fsp3) is 0.494. The number of imidazole rings is 4. The van der Waals surface area contributed by atoms with Crippen LogP contribution in [0.5, 0.6) is 0 Å². The minimum atomic E-state index is -3.01. The van der Waals surface area contributed by atoms with E-state index >= 15 is 8.78 Å². The molecular weight excluding hydrogens is 1990 g/mol. The molecule has 8 aromatic heterocycles. The third kappa shape index (κ3) is 21.1. The number of aromatic nitrogens is 16. The Bertz CT molecular complexity index is 5870. The van der Waals surface area contributed by atoms with Crippen LogP contribution in [0.4, 0.5) is 60.0 Å². The van der Waals surface area contributed by atoms with Crippen molar-refractivity contribution in [3.8, 4) is 49.4 Å². The Morgan fingerprint density at radius 1 is 0.458 bits per heavy atom. The van der Waals surface area contributed by atoms with Gasteiger partial charge < -0.3 is 77.6 Å². The average molecular weight is 2080 g/mol. The van der Waals surface area contributed by atoms with Gasteiger partial charge in [0.25, 0.3) is 11.7 Å². The Hall–Kier alpha value is -11.7. The lowest BCUT2D eigenvalue weighted by Gasteiger charge is -2.32. The van der Waals surface area contributed by atoms with Gasteiger partial charge in [-0.15, -0.1) is 25.7 Å². The lowest BCUT2D eigenvalue weighted by atomic mass is 9.85. The summed E-state index contributed by atoms with van der Waals surface area (Å²) in [6.45, 7) is 23.5. The van der Waals surface area contributed by atoms with Crippen molar-refractivity contribution in [1.82, 2.24) is 78.1 Å². The van der Waals surface area contributed by atoms with Crippen LogP contribution in [0.3, 0.4) is 0 Å². The molecule has 0 spiro atoms. The lowest BCUT2D eigenvalue weighted by Crippen LogP contribution is -2.49. The quantitative estimate of drug-likeness (QED) is 0.0108. The molecule has 50 heteroatoms. The summed E-state index contributed by atoms with van der Waals surface area (Å²) in [6.07, 6.45) is 18.4. The highest BCUT2D eigenvalue weighted by Gasteiger charge is 2.69. The molecule has 0 saturated carbocycles. The van der Waals surface area contributed by atoms with Gasteiger partial charge in [0.05, 0.1) is 51.6 Å². The second kappa shape index (κ2) is 38.2. The van der Waals surface area contributed by atoms with Crippen LogP contribution in [-0.2, 0) is 61.7 Å². The summed E-state index contributed by atoms with van der Waals surface area (Å²) in [5.41, 5.74) is -10.7. The molecule has 9 aromatic rings. The first kappa shape index (κ1) is 101. The van der Waals surface area contributed by atoms with Crippen LogP contribution in [0, 0.1) is 61.2 Å². The number of fused-ring (bicyclic) bond motifs is 4. The zero-order valence-electron chi connectivity index (χ0n) is 72.6. The SMILES string of the molecule is C#C[C@]1(O)[C@H](n2cnc3c(NC(=O)OC(C)(C)C)ncnc32)O[C@](F)(CI)[C@H]1O.C#C[C@]1(O)[C@H](n2cnc3c(NC(=O)OC(C)(C)C)ncnc32)O[C@](F)(CO)[C@H]1O.C#C[C@]1(OC(C)=O)[C@H](n2cnc3c(NC(=O)OC(C)(C)C)ncnc32)O[C@](F)(CI)[C@H]1C.C#C[C@]1(OC(C)=O)[C@H](n2cnc3c(NC(=O)OC(C)(C)C)ncnc32)O[C@](F)(COC(=O)c2ccc(Cl)cc2)[C@H]1C. The van der Waals surface area contributed by atoms with E-state index in [4.69, 9.17) is 89.4 Å². The van der Waals surface area contributed by atoms with Gasteiger partial charge in [-0.2, -0.15) is 0 Å². The number of rotatable bonds is 16. The standard InChI is InChI=1S/C27H27ClFN5O7.C20H23FIN5O5.C17H19FIN5O5.C17H20FN5O6/c1-7-26(39-16(3)35)15(2)27(29,12-38-22(36)17-8-10-18(28)11-9-17)40-23(26)34-14-32-19-20(30-13-31-21(19)34)33-24(37)41-25(4,5)6;1-7-19(30-12(3)28)11(2)20(21,8-22)31-16(19)27-10-25-13-14(23-9-24-15(13)27)26-17(29)32-18(4,5)6;1-5-16(27)12(25)17(18,6-19)28-13(16)24-8-22-9-10(20-7-21-11(9)24)23-14(26)29-15(2,3)4;1-5-16(27)12(25)17(18,6-24)28-13(16)23-8-21-9-10(19-7-20-11(9)23)22-14(26)29-15(2,3)4/h1,8-11,13-15,23H,12H2,2-6H3,(H,30,31,33,37);1,9-11,16H,8H2,2-6H3,(H,23,24,26,29);1,7-8,12-13,25,27H,6H2,2-4H3,(H,20,21,23,26);1,7-8,12-13,24-25,27H,6H2,2-4H3,(H,19,20,22,26)/t15-,23+,26+,27+;11-,16+,19+,20+;2*12-,13+,16+,17+/m0000/s1. The van der Waals surface area contributed by atoms with Crippen molar-refractivity contribution in [3.05, 3.63) is 85.5 Å². The predicted octanol–water partition coefficient (Wildman–Crippen LogP) is 9.44. The lowest BCUT2D eigenvalue weighted by molar-refractivity contribution is -0.206. The summed E-state index contributed by atoms with van der Waals surface area (Å²) in [5.74, 6) is -6.33. The molecule has 1 aromatic carbocycles. The summed E-state index contributed by atoms with van der Waals surface area (Å²) in [7, 11) is 0. The summed E-state index contributed by atoms with van der Waals surface area (Å²) in [4.78, 5) is 134. The van der Waals surface area contributed by atoms with E-state index in [1.807, 2.05) is 34.4 Å². The molecule has 0 unspecified atom stereocenters. The maximum atomic E-state index is 16.5. The second-order valence-electron chi connectivity index (χ2n) is 33.5. The third-order valence-corrected chi connectivity index (χ3v) is 21.8. The van der Waals surface area contributed by atoms with Crippen molar-refractivity contribution in [2.45, 2.75) is 216 Å². The number of terminal acetylenes is 4. The number of carbonyl (C=O) groups excluding carboxylic acids is 7. The zero-order chi connectivity index (χ0) is 97.3. The van der Waals surface area contributed by atoms with Crippen LogP contribution < -0.4 is 21.3 Å². The van der Waals surface area contributed by atoms with Gasteiger partial charge in [0.2, 0.25) is 34.1 Å². The van der Waals surface area contributed by atoms with E-state index in [1.54, 1.807) is 106 Å². The molecule has 9 N–H and O–H groups in total. The first-order valence-electron chi connectivity index (χ1n) is 38.9. The number of benzene rings is 1. The molecule has 700 valence electrons. The number of ether oxygens (including phenoxy) is 11.